The molecule has 1 atom stereocenters. The Morgan fingerprint density at radius 2 is 2.26 bits per heavy atom. The van der Waals surface area contributed by atoms with Crippen LogP contribution in [0.15, 0.2) is 24.3 Å². The molecule has 0 aromatic heterocycles. The Hall–Kier alpha value is -1.75. The molecule has 0 aliphatic carbocycles. The lowest BCUT2D eigenvalue weighted by Crippen LogP contribution is -2.42. The molecule has 0 saturated carbocycles. The van der Waals surface area contributed by atoms with E-state index in [2.05, 4.69) is 0 Å². The fraction of sp³-hybridized carbons (Fsp3) is 0.385. The van der Waals surface area contributed by atoms with Crippen LogP contribution in [0.2, 0.25) is 5.02 Å². The van der Waals surface area contributed by atoms with E-state index in [9.17, 15) is 9.59 Å². The number of carbonyl (C=O) groups excluding carboxylic acids is 1. The van der Waals surface area contributed by atoms with Gasteiger partial charge in [0.2, 0.25) is 0 Å². The number of likely N-dealkylation sites (tertiary alicyclic amines) is 1. The summed E-state index contributed by atoms with van der Waals surface area (Å²) in [6, 6.07) is 6.00. The average molecular weight is 284 g/mol. The van der Waals surface area contributed by atoms with Gasteiger partial charge in [-0.2, -0.15) is 0 Å². The van der Waals surface area contributed by atoms with Crippen LogP contribution in [0, 0.1) is 0 Å². The summed E-state index contributed by atoms with van der Waals surface area (Å²) in [6.45, 7) is 0.291. The minimum Gasteiger partial charge on any atom is -0.484 e. The summed E-state index contributed by atoms with van der Waals surface area (Å²) in [5, 5.41) is 9.52. The van der Waals surface area contributed by atoms with E-state index in [0.717, 1.165) is 0 Å². The Bertz CT molecular complexity index is 491. The van der Waals surface area contributed by atoms with Gasteiger partial charge in [-0.15, -0.1) is 0 Å². The monoisotopic (exact) mass is 283 g/mol. The van der Waals surface area contributed by atoms with Gasteiger partial charge in [0.05, 0.1) is 0 Å². The maximum Gasteiger partial charge on any atom is 0.326 e. The third-order valence-electron chi connectivity index (χ3n) is 3.02. The van der Waals surface area contributed by atoms with Gasteiger partial charge in [0.15, 0.2) is 6.61 Å². The van der Waals surface area contributed by atoms with E-state index in [1.807, 2.05) is 0 Å². The van der Waals surface area contributed by atoms with Gasteiger partial charge in [-0.05, 0) is 31.0 Å². The van der Waals surface area contributed by atoms with Gasteiger partial charge in [0, 0.05) is 11.6 Å². The molecule has 1 aromatic carbocycles. The third-order valence-corrected chi connectivity index (χ3v) is 3.25. The molecule has 102 valence electrons. The van der Waals surface area contributed by atoms with E-state index in [-0.39, 0.29) is 12.5 Å². The van der Waals surface area contributed by atoms with E-state index < -0.39 is 12.0 Å². The lowest BCUT2D eigenvalue weighted by molar-refractivity contribution is -0.148. The summed E-state index contributed by atoms with van der Waals surface area (Å²) in [5.74, 6) is -0.787. The second kappa shape index (κ2) is 5.93. The van der Waals surface area contributed by atoms with Crippen molar-refractivity contribution in [1.82, 2.24) is 4.90 Å². The van der Waals surface area contributed by atoms with E-state index >= 15 is 0 Å². The molecule has 5 nitrogen and oxygen atoms in total. The fourth-order valence-electron chi connectivity index (χ4n) is 2.11. The number of amides is 1. The molecule has 6 heteroatoms. The van der Waals surface area contributed by atoms with Crippen molar-refractivity contribution in [2.75, 3.05) is 13.2 Å². The zero-order valence-electron chi connectivity index (χ0n) is 10.2. The number of carbonyl (C=O) groups is 2. The minimum absolute atomic E-state index is 0.176. The Morgan fingerprint density at radius 1 is 1.47 bits per heavy atom. The molecular formula is C13H14ClNO4. The first-order chi connectivity index (χ1) is 9.08. The predicted molar refractivity (Wildman–Crippen MR) is 69.3 cm³/mol. The largest absolute Gasteiger partial charge is 0.484 e. The zero-order chi connectivity index (χ0) is 13.8. The molecule has 2 rings (SSSR count). The van der Waals surface area contributed by atoms with Crippen LogP contribution >= 0.6 is 11.6 Å². The molecule has 19 heavy (non-hydrogen) atoms. The molecule has 0 spiro atoms. The van der Waals surface area contributed by atoms with Crippen molar-refractivity contribution in [2.45, 2.75) is 18.9 Å². The van der Waals surface area contributed by atoms with Crippen LogP contribution in [0.4, 0.5) is 0 Å². The number of aliphatic carboxylic acids is 1. The number of hydrogen-bond donors (Lipinski definition) is 1. The summed E-state index contributed by atoms with van der Waals surface area (Å²) in [7, 11) is 0. The molecule has 0 unspecified atom stereocenters. The first kappa shape index (κ1) is 13.7. The number of ether oxygens (including phenoxy) is 1. The maximum absolute atomic E-state index is 11.9. The van der Waals surface area contributed by atoms with Crippen LogP contribution in [0.3, 0.4) is 0 Å². The molecule has 0 radical (unpaired) electrons. The number of carboxylic acids is 1. The van der Waals surface area contributed by atoms with Gasteiger partial charge >= 0.3 is 5.97 Å². The van der Waals surface area contributed by atoms with Gasteiger partial charge in [0.1, 0.15) is 11.8 Å². The molecular weight excluding hydrogens is 270 g/mol. The van der Waals surface area contributed by atoms with Crippen molar-refractivity contribution in [3.05, 3.63) is 29.3 Å². The van der Waals surface area contributed by atoms with Crippen molar-refractivity contribution < 1.29 is 19.4 Å². The van der Waals surface area contributed by atoms with Crippen LogP contribution in [-0.4, -0.2) is 41.1 Å². The normalized spacial score (nSPS) is 18.4. The van der Waals surface area contributed by atoms with Crippen LogP contribution < -0.4 is 4.74 Å². The van der Waals surface area contributed by atoms with E-state index in [1.165, 1.54) is 4.90 Å². The highest BCUT2D eigenvalue weighted by atomic mass is 35.5. The predicted octanol–water partition coefficient (Wildman–Crippen LogP) is 1.79. The lowest BCUT2D eigenvalue weighted by Gasteiger charge is -2.21. The topological polar surface area (TPSA) is 66.8 Å². The standard InChI is InChI=1S/C13H14ClNO4/c14-9-3-1-4-10(7-9)19-8-12(16)15-6-2-5-11(15)13(17)18/h1,3-4,7,11H,2,5-6,8H2,(H,17,18)/t11-/m0/s1. The number of nitrogens with zero attached hydrogens (tertiary/aromatic N) is 1. The van der Waals surface area contributed by atoms with Gasteiger partial charge in [-0.3, -0.25) is 4.79 Å². The molecule has 1 heterocycles. The number of rotatable bonds is 4. The minimum atomic E-state index is -0.964. The summed E-state index contributed by atoms with van der Waals surface area (Å²) in [4.78, 5) is 24.3. The molecule has 1 aliphatic heterocycles. The van der Waals surface area contributed by atoms with Crippen LogP contribution in [0.1, 0.15) is 12.8 Å². The van der Waals surface area contributed by atoms with E-state index in [4.69, 9.17) is 21.4 Å². The van der Waals surface area contributed by atoms with Crippen LogP contribution in [-0.2, 0) is 9.59 Å². The molecule has 1 fully saturated rings. The maximum atomic E-state index is 11.9. The average Bonchev–Trinajstić information content (AvgIpc) is 2.85. The second-order valence-electron chi connectivity index (χ2n) is 4.33. The molecule has 1 N–H and O–H groups in total. The third kappa shape index (κ3) is 3.38. The quantitative estimate of drug-likeness (QED) is 0.915. The smallest absolute Gasteiger partial charge is 0.326 e. The van der Waals surface area contributed by atoms with Crippen LogP contribution in [0.5, 0.6) is 5.75 Å². The van der Waals surface area contributed by atoms with Gasteiger partial charge in [-0.1, -0.05) is 17.7 Å². The second-order valence-corrected chi connectivity index (χ2v) is 4.77. The highest BCUT2D eigenvalue weighted by molar-refractivity contribution is 6.30. The molecule has 0 bridgehead atoms. The summed E-state index contributed by atoms with van der Waals surface area (Å²) >= 11 is 5.80. The lowest BCUT2D eigenvalue weighted by atomic mass is 10.2. The van der Waals surface area contributed by atoms with Gasteiger partial charge in [0.25, 0.3) is 5.91 Å². The first-order valence-corrected chi connectivity index (χ1v) is 6.36. The number of hydrogen-bond acceptors (Lipinski definition) is 3. The summed E-state index contributed by atoms with van der Waals surface area (Å²) in [5.41, 5.74) is 0. The van der Waals surface area contributed by atoms with Gasteiger partial charge < -0.3 is 14.7 Å². The summed E-state index contributed by atoms with van der Waals surface area (Å²) in [6.07, 6.45) is 1.21. The molecule has 1 aliphatic rings. The number of carboxylic acid groups (broad SMARTS) is 1. The van der Waals surface area contributed by atoms with E-state index in [0.29, 0.717) is 30.2 Å². The Labute approximate surface area is 115 Å². The van der Waals surface area contributed by atoms with Crippen molar-refractivity contribution >= 4 is 23.5 Å². The van der Waals surface area contributed by atoms with Gasteiger partial charge in [-0.25, -0.2) is 4.79 Å². The van der Waals surface area contributed by atoms with Crippen molar-refractivity contribution in [2.24, 2.45) is 0 Å². The Morgan fingerprint density at radius 3 is 2.95 bits per heavy atom. The molecule has 1 aromatic rings. The first-order valence-electron chi connectivity index (χ1n) is 5.98. The molecule has 1 saturated heterocycles. The number of benzene rings is 1. The zero-order valence-corrected chi connectivity index (χ0v) is 11.0. The fourth-order valence-corrected chi connectivity index (χ4v) is 2.29. The summed E-state index contributed by atoms with van der Waals surface area (Å²) < 4.78 is 5.32. The highest BCUT2D eigenvalue weighted by Gasteiger charge is 2.33. The number of halogens is 1. The van der Waals surface area contributed by atoms with Crippen molar-refractivity contribution in [3.8, 4) is 5.75 Å². The Balaban J connectivity index is 1.92. The SMILES string of the molecule is O=C(O)[C@@H]1CCCN1C(=O)COc1cccc(Cl)c1. The molecule has 1 amide bonds. The van der Waals surface area contributed by atoms with Crippen LogP contribution in [0.25, 0.3) is 0 Å². The highest BCUT2D eigenvalue weighted by Crippen LogP contribution is 2.19. The van der Waals surface area contributed by atoms with E-state index in [1.54, 1.807) is 24.3 Å². The Kier molecular flexibility index (Phi) is 4.27. The van der Waals surface area contributed by atoms with Crippen molar-refractivity contribution in [3.63, 3.8) is 0 Å². The van der Waals surface area contributed by atoms with Crippen molar-refractivity contribution in [1.29, 1.82) is 0 Å².